The molecule has 0 aromatic heterocycles. The fraction of sp³-hybridized carbons (Fsp3) is 0.350. The fourth-order valence-corrected chi connectivity index (χ4v) is 2.96. The van der Waals surface area contributed by atoms with Crippen LogP contribution >= 0.6 is 0 Å². The number of aryl methyl sites for hydroxylation is 1. The van der Waals surface area contributed by atoms with Gasteiger partial charge in [-0.25, -0.2) is 0 Å². The van der Waals surface area contributed by atoms with E-state index in [2.05, 4.69) is 4.99 Å². The van der Waals surface area contributed by atoms with Crippen LogP contribution in [0.4, 0.5) is 0 Å². The highest BCUT2D eigenvalue weighted by Crippen LogP contribution is 2.26. The Morgan fingerprint density at radius 3 is 2.92 bits per heavy atom. The van der Waals surface area contributed by atoms with Gasteiger partial charge in [0.2, 0.25) is 0 Å². The Hall–Kier alpha value is -2.49. The molecule has 4 heteroatoms. The predicted molar refractivity (Wildman–Crippen MR) is 93.8 cm³/mol. The predicted octanol–water partition coefficient (Wildman–Crippen LogP) is 3.85. The third-order valence-corrected chi connectivity index (χ3v) is 4.33. The average molecular weight is 323 g/mol. The van der Waals surface area contributed by atoms with Crippen molar-refractivity contribution in [2.75, 3.05) is 6.61 Å². The van der Waals surface area contributed by atoms with Gasteiger partial charge in [0.05, 0.1) is 6.61 Å². The zero-order valence-electron chi connectivity index (χ0n) is 13.9. The molecule has 3 rings (SSSR count). The SMILES string of the molecule is CC1=C(C(=O)CCC(=O)c2ccc3c(c2)CCCO3)N=CC=CC1. The van der Waals surface area contributed by atoms with Crippen molar-refractivity contribution < 1.29 is 14.3 Å². The van der Waals surface area contributed by atoms with Crippen molar-refractivity contribution >= 4 is 17.8 Å². The Kier molecular flexibility index (Phi) is 5.04. The van der Waals surface area contributed by atoms with Gasteiger partial charge in [0.15, 0.2) is 11.6 Å². The molecule has 0 bridgehead atoms. The summed E-state index contributed by atoms with van der Waals surface area (Å²) in [5.41, 5.74) is 3.18. The average Bonchev–Trinajstić information content (AvgIpc) is 2.83. The Morgan fingerprint density at radius 1 is 1.21 bits per heavy atom. The van der Waals surface area contributed by atoms with Gasteiger partial charge in [-0.3, -0.25) is 14.6 Å². The van der Waals surface area contributed by atoms with Crippen molar-refractivity contribution in [1.29, 1.82) is 0 Å². The highest BCUT2D eigenvalue weighted by atomic mass is 16.5. The topological polar surface area (TPSA) is 55.7 Å². The minimum absolute atomic E-state index is 0.00861. The van der Waals surface area contributed by atoms with E-state index in [1.807, 2.05) is 31.2 Å². The van der Waals surface area contributed by atoms with Crippen LogP contribution in [0.1, 0.15) is 48.5 Å². The molecule has 0 radical (unpaired) electrons. The van der Waals surface area contributed by atoms with Crippen LogP contribution in [0.5, 0.6) is 5.75 Å². The van der Waals surface area contributed by atoms with E-state index in [1.54, 1.807) is 12.3 Å². The summed E-state index contributed by atoms with van der Waals surface area (Å²) >= 11 is 0. The quantitative estimate of drug-likeness (QED) is 0.773. The number of allylic oxidation sites excluding steroid dienone is 4. The summed E-state index contributed by atoms with van der Waals surface area (Å²) in [7, 11) is 0. The molecule has 2 heterocycles. The zero-order chi connectivity index (χ0) is 16.9. The third kappa shape index (κ3) is 3.70. The number of ether oxygens (including phenoxy) is 1. The molecule has 0 amide bonds. The second-order valence-electron chi connectivity index (χ2n) is 6.16. The van der Waals surface area contributed by atoms with Gasteiger partial charge in [0, 0.05) is 24.6 Å². The third-order valence-electron chi connectivity index (χ3n) is 4.33. The van der Waals surface area contributed by atoms with Gasteiger partial charge < -0.3 is 4.74 Å². The van der Waals surface area contributed by atoms with Crippen LogP contribution in [-0.2, 0) is 11.2 Å². The van der Waals surface area contributed by atoms with E-state index in [9.17, 15) is 9.59 Å². The van der Waals surface area contributed by atoms with Crippen LogP contribution in [-0.4, -0.2) is 24.4 Å². The first kappa shape index (κ1) is 16.4. The Labute approximate surface area is 141 Å². The van der Waals surface area contributed by atoms with Gasteiger partial charge in [-0.05, 0) is 61.6 Å². The number of carbonyl (C=O) groups excluding carboxylic acids is 2. The molecule has 0 unspecified atom stereocenters. The van der Waals surface area contributed by atoms with Crippen LogP contribution in [0.2, 0.25) is 0 Å². The maximum Gasteiger partial charge on any atom is 0.181 e. The van der Waals surface area contributed by atoms with Gasteiger partial charge in [-0.1, -0.05) is 6.08 Å². The van der Waals surface area contributed by atoms with E-state index in [1.165, 1.54) is 0 Å². The number of benzene rings is 1. The van der Waals surface area contributed by atoms with Crippen LogP contribution in [0.3, 0.4) is 0 Å². The minimum atomic E-state index is -0.0675. The maximum atomic E-state index is 12.4. The van der Waals surface area contributed by atoms with E-state index in [4.69, 9.17) is 4.74 Å². The summed E-state index contributed by atoms with van der Waals surface area (Å²) in [6, 6.07) is 5.55. The van der Waals surface area contributed by atoms with Crippen LogP contribution in [0, 0.1) is 0 Å². The highest BCUT2D eigenvalue weighted by molar-refractivity contribution is 6.03. The van der Waals surface area contributed by atoms with Gasteiger partial charge >= 0.3 is 0 Å². The molecule has 1 aromatic rings. The van der Waals surface area contributed by atoms with Gasteiger partial charge in [0.1, 0.15) is 11.4 Å². The van der Waals surface area contributed by atoms with Crippen LogP contribution in [0.15, 0.2) is 46.6 Å². The lowest BCUT2D eigenvalue weighted by atomic mass is 9.98. The van der Waals surface area contributed by atoms with Crippen molar-refractivity contribution in [1.82, 2.24) is 0 Å². The number of ketones is 2. The molecule has 0 fully saturated rings. The van der Waals surface area contributed by atoms with Crippen LogP contribution in [0.25, 0.3) is 0 Å². The number of Topliss-reactive ketones (excluding diaryl/α,β-unsaturated/α-hetero) is 2. The van der Waals surface area contributed by atoms with E-state index < -0.39 is 0 Å². The first-order valence-electron chi connectivity index (χ1n) is 8.36. The summed E-state index contributed by atoms with van der Waals surface area (Å²) in [5, 5.41) is 0. The van der Waals surface area contributed by atoms with Crippen molar-refractivity contribution in [3.05, 3.63) is 52.7 Å². The second kappa shape index (κ2) is 7.39. The number of hydrogen-bond acceptors (Lipinski definition) is 4. The van der Waals surface area contributed by atoms with E-state index >= 15 is 0 Å². The Bertz CT molecular complexity index is 756. The molecule has 0 saturated heterocycles. The van der Waals surface area contributed by atoms with E-state index in [-0.39, 0.29) is 24.4 Å². The molecule has 2 aliphatic rings. The van der Waals surface area contributed by atoms with Gasteiger partial charge in [-0.2, -0.15) is 0 Å². The lowest BCUT2D eigenvalue weighted by Gasteiger charge is -2.17. The van der Waals surface area contributed by atoms with Crippen LogP contribution < -0.4 is 4.74 Å². The maximum absolute atomic E-state index is 12.4. The molecule has 1 aromatic carbocycles. The first-order valence-corrected chi connectivity index (χ1v) is 8.36. The molecular weight excluding hydrogens is 302 g/mol. The summed E-state index contributed by atoms with van der Waals surface area (Å²) in [6.45, 7) is 2.64. The smallest absolute Gasteiger partial charge is 0.181 e. The fourth-order valence-electron chi connectivity index (χ4n) is 2.96. The Balaban J connectivity index is 1.64. The summed E-state index contributed by atoms with van der Waals surface area (Å²) in [4.78, 5) is 29.0. The van der Waals surface area contributed by atoms with E-state index in [0.717, 1.165) is 42.8 Å². The summed E-state index contributed by atoms with van der Waals surface area (Å²) in [5.74, 6) is 0.794. The molecule has 0 spiro atoms. The highest BCUT2D eigenvalue weighted by Gasteiger charge is 2.17. The number of nitrogens with zero attached hydrogens (tertiary/aromatic N) is 1. The number of rotatable bonds is 5. The Morgan fingerprint density at radius 2 is 2.04 bits per heavy atom. The molecule has 124 valence electrons. The second-order valence-corrected chi connectivity index (χ2v) is 6.16. The minimum Gasteiger partial charge on any atom is -0.493 e. The number of fused-ring (bicyclic) bond motifs is 1. The molecule has 0 aliphatic carbocycles. The van der Waals surface area contributed by atoms with Crippen molar-refractivity contribution in [2.45, 2.75) is 39.0 Å². The summed E-state index contributed by atoms with van der Waals surface area (Å²) in [6.07, 6.45) is 8.47. The molecule has 2 aliphatic heterocycles. The van der Waals surface area contributed by atoms with Crippen molar-refractivity contribution in [3.8, 4) is 5.75 Å². The molecule has 0 atom stereocenters. The molecular formula is C20H21NO3. The number of aliphatic imine (C=N–C) groups is 1. The molecule has 0 N–H and O–H groups in total. The van der Waals surface area contributed by atoms with Crippen molar-refractivity contribution in [3.63, 3.8) is 0 Å². The number of hydrogen-bond donors (Lipinski definition) is 0. The lowest BCUT2D eigenvalue weighted by Crippen LogP contribution is -2.11. The monoisotopic (exact) mass is 323 g/mol. The lowest BCUT2D eigenvalue weighted by molar-refractivity contribution is -0.115. The van der Waals surface area contributed by atoms with Gasteiger partial charge in [0.25, 0.3) is 0 Å². The molecule has 0 saturated carbocycles. The first-order chi connectivity index (χ1) is 11.6. The zero-order valence-corrected chi connectivity index (χ0v) is 13.9. The standard InChI is InChI=1S/C20H21NO3/c1-14-5-2-3-11-21-20(14)18(23)9-8-17(22)15-7-10-19-16(13-15)6-4-12-24-19/h2-3,7,10-11,13H,4-6,8-9,12H2,1H3. The summed E-state index contributed by atoms with van der Waals surface area (Å²) < 4.78 is 5.57. The van der Waals surface area contributed by atoms with Gasteiger partial charge in [-0.15, -0.1) is 0 Å². The van der Waals surface area contributed by atoms with E-state index in [0.29, 0.717) is 11.3 Å². The largest absolute Gasteiger partial charge is 0.493 e. The van der Waals surface area contributed by atoms with Crippen molar-refractivity contribution in [2.24, 2.45) is 4.99 Å². The molecule has 24 heavy (non-hydrogen) atoms. The number of carbonyl (C=O) groups is 2. The normalized spacial score (nSPS) is 16.4. The molecule has 4 nitrogen and oxygen atoms in total.